The molecule has 0 radical (unpaired) electrons. The fraction of sp³-hybridized carbons (Fsp3) is 0.167. The van der Waals surface area contributed by atoms with Crippen LogP contribution in [-0.2, 0) is 43.4 Å². The highest BCUT2D eigenvalue weighted by Crippen LogP contribution is 2.31. The van der Waals surface area contributed by atoms with Crippen LogP contribution in [0.2, 0.25) is 0 Å². The Kier molecular flexibility index (Phi) is 9.72. The Bertz CT molecular complexity index is 1810. The van der Waals surface area contributed by atoms with Crippen molar-refractivity contribution < 1.29 is 40.1 Å². The van der Waals surface area contributed by atoms with E-state index in [0.29, 0.717) is 36.0 Å². The van der Waals surface area contributed by atoms with E-state index in [-0.39, 0.29) is 13.2 Å². The van der Waals surface area contributed by atoms with Crippen molar-refractivity contribution in [3.63, 3.8) is 0 Å². The summed E-state index contributed by atoms with van der Waals surface area (Å²) in [5.41, 5.74) is 4.55. The Morgan fingerprint density at radius 2 is 0.878 bits per heavy atom. The van der Waals surface area contributed by atoms with E-state index in [1.54, 1.807) is 12.1 Å². The van der Waals surface area contributed by atoms with E-state index < -0.39 is 23.5 Å². The number of aromatic nitrogens is 2. The maximum atomic E-state index is 12.8. The largest absolute Gasteiger partial charge is 0.416 e. The number of hydrogen-bond donors (Lipinski definition) is 2. The molecule has 0 fully saturated rings. The SMILES string of the molecule is FC(F)(F)c1ccc(CNc2ccc(-c3cc(COCc4cc(-c5ccc(NCc6ccc(C(F)(F)F)cc6)cc5)no4)on3)cc2)cc1. The molecule has 6 rings (SSSR count). The Balaban J connectivity index is 0.941. The van der Waals surface area contributed by atoms with Crippen LogP contribution in [0.25, 0.3) is 22.5 Å². The number of alkyl halides is 6. The second-order valence-corrected chi connectivity index (χ2v) is 11.1. The van der Waals surface area contributed by atoms with Gasteiger partial charge in [-0.2, -0.15) is 26.3 Å². The summed E-state index contributed by atoms with van der Waals surface area (Å²) in [6.07, 6.45) is -8.72. The molecule has 2 N–H and O–H groups in total. The van der Waals surface area contributed by atoms with E-state index in [0.717, 1.165) is 57.9 Å². The summed E-state index contributed by atoms with van der Waals surface area (Å²) < 4.78 is 93.1. The van der Waals surface area contributed by atoms with Crippen LogP contribution >= 0.6 is 0 Å². The molecule has 0 bridgehead atoms. The van der Waals surface area contributed by atoms with Gasteiger partial charge in [0, 0.05) is 47.7 Å². The third-order valence-corrected chi connectivity index (χ3v) is 7.52. The van der Waals surface area contributed by atoms with Crippen LogP contribution in [0.3, 0.4) is 0 Å². The van der Waals surface area contributed by atoms with Crippen molar-refractivity contribution in [1.29, 1.82) is 0 Å². The lowest BCUT2D eigenvalue weighted by Gasteiger charge is -2.09. The summed E-state index contributed by atoms with van der Waals surface area (Å²) in [4.78, 5) is 0. The second-order valence-electron chi connectivity index (χ2n) is 11.1. The Labute approximate surface area is 276 Å². The highest BCUT2D eigenvalue weighted by Gasteiger charge is 2.30. The van der Waals surface area contributed by atoms with Crippen molar-refractivity contribution in [1.82, 2.24) is 10.3 Å². The molecule has 0 spiro atoms. The smallest absolute Gasteiger partial charge is 0.381 e. The van der Waals surface area contributed by atoms with Crippen molar-refractivity contribution in [2.24, 2.45) is 0 Å². The minimum atomic E-state index is -4.36. The molecule has 0 saturated carbocycles. The molecule has 2 aromatic heterocycles. The minimum Gasteiger partial charge on any atom is -0.381 e. The first-order valence-electron chi connectivity index (χ1n) is 15.0. The molecule has 49 heavy (non-hydrogen) atoms. The molecule has 0 aliphatic heterocycles. The number of benzene rings is 4. The molecule has 0 aliphatic carbocycles. The highest BCUT2D eigenvalue weighted by molar-refractivity contribution is 5.63. The van der Waals surface area contributed by atoms with Gasteiger partial charge in [0.15, 0.2) is 11.5 Å². The van der Waals surface area contributed by atoms with Crippen molar-refractivity contribution in [3.05, 3.63) is 143 Å². The predicted molar refractivity (Wildman–Crippen MR) is 170 cm³/mol. The van der Waals surface area contributed by atoms with Gasteiger partial charge in [0.1, 0.15) is 24.6 Å². The van der Waals surface area contributed by atoms with Gasteiger partial charge in [0.2, 0.25) is 0 Å². The summed E-state index contributed by atoms with van der Waals surface area (Å²) in [5, 5.41) is 14.6. The lowest BCUT2D eigenvalue weighted by atomic mass is 10.1. The average Bonchev–Trinajstić information content (AvgIpc) is 3.77. The summed E-state index contributed by atoms with van der Waals surface area (Å²) in [5.74, 6) is 1.03. The van der Waals surface area contributed by atoms with Crippen LogP contribution in [0.4, 0.5) is 37.7 Å². The molecule has 252 valence electrons. The molecule has 7 nitrogen and oxygen atoms in total. The number of rotatable bonds is 12. The van der Waals surface area contributed by atoms with Gasteiger partial charge in [-0.05, 0) is 59.7 Å². The van der Waals surface area contributed by atoms with Crippen molar-refractivity contribution >= 4 is 11.4 Å². The standard InChI is InChI=1S/C36H28F6N4O3/c37-35(38,39)27-9-1-23(2-10-27)19-43-29-13-5-25(6-14-29)33-17-31(48-45-33)21-47-22-32-18-34(46-49-32)26-7-15-30(16-8-26)44-20-24-3-11-28(12-4-24)36(40,41)42/h1-18,43-44H,19-22H2. The van der Waals surface area contributed by atoms with Crippen LogP contribution in [-0.4, -0.2) is 10.3 Å². The third kappa shape index (κ3) is 8.87. The Morgan fingerprint density at radius 1 is 0.510 bits per heavy atom. The first kappa shape index (κ1) is 33.3. The molecule has 0 amide bonds. The van der Waals surface area contributed by atoms with Crippen LogP contribution in [0.5, 0.6) is 0 Å². The molecule has 13 heteroatoms. The highest BCUT2D eigenvalue weighted by atomic mass is 19.4. The van der Waals surface area contributed by atoms with Gasteiger partial charge >= 0.3 is 12.4 Å². The third-order valence-electron chi connectivity index (χ3n) is 7.52. The van der Waals surface area contributed by atoms with E-state index in [1.165, 1.54) is 24.3 Å². The molecule has 4 aromatic carbocycles. The van der Waals surface area contributed by atoms with Gasteiger partial charge in [-0.25, -0.2) is 0 Å². The van der Waals surface area contributed by atoms with Gasteiger partial charge in [-0.3, -0.25) is 0 Å². The predicted octanol–water partition coefficient (Wildman–Crippen LogP) is 9.98. The molecule has 0 saturated heterocycles. The maximum Gasteiger partial charge on any atom is 0.416 e. The number of ether oxygens (including phenoxy) is 1. The fourth-order valence-electron chi connectivity index (χ4n) is 4.84. The normalized spacial score (nSPS) is 11.9. The molecule has 6 aromatic rings. The number of nitrogens with one attached hydrogen (secondary N) is 2. The molecule has 2 heterocycles. The van der Waals surface area contributed by atoms with Gasteiger partial charge in [0.25, 0.3) is 0 Å². The van der Waals surface area contributed by atoms with Crippen LogP contribution in [0.1, 0.15) is 33.8 Å². The van der Waals surface area contributed by atoms with Crippen molar-refractivity contribution in [2.75, 3.05) is 10.6 Å². The van der Waals surface area contributed by atoms with Crippen LogP contribution in [0.15, 0.2) is 118 Å². The van der Waals surface area contributed by atoms with Crippen LogP contribution < -0.4 is 10.6 Å². The summed E-state index contributed by atoms with van der Waals surface area (Å²) in [6.45, 7) is 1.04. The monoisotopic (exact) mass is 678 g/mol. The van der Waals surface area contributed by atoms with Gasteiger partial charge < -0.3 is 24.4 Å². The zero-order valence-corrected chi connectivity index (χ0v) is 25.6. The maximum absolute atomic E-state index is 12.8. The van der Waals surface area contributed by atoms with E-state index >= 15 is 0 Å². The number of anilines is 2. The molecule has 0 aliphatic rings. The van der Waals surface area contributed by atoms with E-state index in [9.17, 15) is 26.3 Å². The fourth-order valence-corrected chi connectivity index (χ4v) is 4.84. The summed E-state index contributed by atoms with van der Waals surface area (Å²) >= 11 is 0. The van der Waals surface area contributed by atoms with E-state index in [1.807, 2.05) is 48.5 Å². The average molecular weight is 679 g/mol. The first-order valence-corrected chi connectivity index (χ1v) is 15.0. The Morgan fingerprint density at radius 3 is 1.22 bits per heavy atom. The lowest BCUT2D eigenvalue weighted by molar-refractivity contribution is -0.138. The summed E-state index contributed by atoms with van der Waals surface area (Å²) in [7, 11) is 0. The summed E-state index contributed by atoms with van der Waals surface area (Å²) in [6, 6.07) is 28.4. The number of hydrogen-bond acceptors (Lipinski definition) is 7. The van der Waals surface area contributed by atoms with Crippen molar-refractivity contribution in [2.45, 2.75) is 38.7 Å². The quantitative estimate of drug-likeness (QED) is 0.125. The molecular formula is C36H28F6N4O3. The zero-order chi connectivity index (χ0) is 34.4. The number of halogens is 6. The molecule has 0 unspecified atom stereocenters. The second kappa shape index (κ2) is 14.3. The van der Waals surface area contributed by atoms with Gasteiger partial charge in [-0.1, -0.05) is 58.8 Å². The van der Waals surface area contributed by atoms with Crippen molar-refractivity contribution in [3.8, 4) is 22.5 Å². The lowest BCUT2D eigenvalue weighted by Crippen LogP contribution is -2.05. The minimum absolute atomic E-state index is 0.148. The Hall–Kier alpha value is -5.56. The molecular weight excluding hydrogens is 650 g/mol. The first-order chi connectivity index (χ1) is 23.5. The van der Waals surface area contributed by atoms with Crippen LogP contribution in [0, 0.1) is 0 Å². The van der Waals surface area contributed by atoms with E-state index in [2.05, 4.69) is 20.9 Å². The van der Waals surface area contributed by atoms with Gasteiger partial charge in [-0.15, -0.1) is 0 Å². The zero-order valence-electron chi connectivity index (χ0n) is 25.6. The molecule has 0 atom stereocenters. The van der Waals surface area contributed by atoms with E-state index in [4.69, 9.17) is 13.8 Å². The van der Waals surface area contributed by atoms with Gasteiger partial charge in [0.05, 0.1) is 11.1 Å². The number of nitrogens with zero attached hydrogens (tertiary/aromatic N) is 2. The topological polar surface area (TPSA) is 85.4 Å².